The van der Waals surface area contributed by atoms with Crippen LogP contribution in [-0.4, -0.2) is 9.78 Å². The van der Waals surface area contributed by atoms with Gasteiger partial charge in [-0.25, -0.2) is 4.68 Å². The van der Waals surface area contributed by atoms with Gasteiger partial charge in [0.2, 0.25) is 0 Å². The van der Waals surface area contributed by atoms with E-state index in [1.54, 1.807) is 13.0 Å². The first-order valence-corrected chi connectivity index (χ1v) is 7.00. The van der Waals surface area contributed by atoms with Crippen LogP contribution in [0.5, 0.6) is 0 Å². The Hall–Kier alpha value is -2.29. The van der Waals surface area contributed by atoms with Crippen molar-refractivity contribution < 1.29 is 13.2 Å². The summed E-state index contributed by atoms with van der Waals surface area (Å²) in [6, 6.07) is 5.33. The maximum atomic E-state index is 13.3. The number of nitriles is 1. The molecular weight excluding hydrogens is 291 g/mol. The van der Waals surface area contributed by atoms with Crippen molar-refractivity contribution in [2.45, 2.75) is 38.8 Å². The molecule has 1 aromatic heterocycles. The molecule has 3 rings (SSSR count). The van der Waals surface area contributed by atoms with Gasteiger partial charge in [0, 0.05) is 5.69 Å². The van der Waals surface area contributed by atoms with Crippen LogP contribution in [0, 0.1) is 25.2 Å². The monoisotopic (exact) mass is 305 g/mol. The standard InChI is InChI=1S/C16H14F3N3/c1-9-15(12-4-5-12)10(2)22(21-9)14-6-3-11(8-20)7-13(14)16(17,18)19/h3,6-7,12H,4-5H2,1-2H3. The van der Waals surface area contributed by atoms with Crippen LogP contribution in [-0.2, 0) is 6.18 Å². The molecule has 1 saturated carbocycles. The predicted octanol–water partition coefficient (Wildman–Crippen LogP) is 4.26. The molecule has 0 bridgehead atoms. The molecule has 0 N–H and O–H groups in total. The van der Waals surface area contributed by atoms with E-state index < -0.39 is 11.7 Å². The van der Waals surface area contributed by atoms with Gasteiger partial charge in [0.15, 0.2) is 0 Å². The Labute approximate surface area is 126 Å². The van der Waals surface area contributed by atoms with Gasteiger partial charge in [-0.2, -0.15) is 23.5 Å². The molecule has 0 radical (unpaired) electrons. The SMILES string of the molecule is Cc1nn(-c2ccc(C#N)cc2C(F)(F)F)c(C)c1C1CC1. The van der Waals surface area contributed by atoms with Crippen molar-refractivity contribution in [1.82, 2.24) is 9.78 Å². The zero-order chi connectivity index (χ0) is 16.1. The van der Waals surface area contributed by atoms with Crippen LogP contribution in [0.3, 0.4) is 0 Å². The third-order valence-electron chi connectivity index (χ3n) is 3.99. The van der Waals surface area contributed by atoms with Crippen molar-refractivity contribution in [3.63, 3.8) is 0 Å². The number of benzene rings is 1. The summed E-state index contributed by atoms with van der Waals surface area (Å²) < 4.78 is 41.3. The molecule has 1 aliphatic carbocycles. The van der Waals surface area contributed by atoms with E-state index in [-0.39, 0.29) is 11.3 Å². The minimum atomic E-state index is -4.53. The zero-order valence-electron chi connectivity index (χ0n) is 12.2. The minimum absolute atomic E-state index is 0.0139. The smallest absolute Gasteiger partial charge is 0.237 e. The van der Waals surface area contributed by atoms with Crippen molar-refractivity contribution in [2.24, 2.45) is 0 Å². The molecular formula is C16H14F3N3. The van der Waals surface area contributed by atoms with Gasteiger partial charge >= 0.3 is 6.18 Å². The van der Waals surface area contributed by atoms with Gasteiger partial charge in [-0.3, -0.25) is 0 Å². The lowest BCUT2D eigenvalue weighted by Gasteiger charge is -2.14. The van der Waals surface area contributed by atoms with Crippen LogP contribution in [0.1, 0.15) is 46.8 Å². The van der Waals surface area contributed by atoms with Crippen molar-refractivity contribution >= 4 is 0 Å². The Bertz CT molecular complexity index is 777. The number of halogens is 3. The highest BCUT2D eigenvalue weighted by molar-refractivity contribution is 5.50. The average molecular weight is 305 g/mol. The van der Waals surface area contributed by atoms with E-state index in [9.17, 15) is 13.2 Å². The summed E-state index contributed by atoms with van der Waals surface area (Å²) in [5, 5.41) is 13.1. The molecule has 0 amide bonds. The first-order valence-electron chi connectivity index (χ1n) is 7.00. The predicted molar refractivity (Wildman–Crippen MR) is 74.7 cm³/mol. The van der Waals surface area contributed by atoms with Gasteiger partial charge < -0.3 is 0 Å². The Morgan fingerprint density at radius 2 is 1.95 bits per heavy atom. The molecule has 114 valence electrons. The molecule has 1 fully saturated rings. The van der Waals surface area contributed by atoms with Gasteiger partial charge in [0.05, 0.1) is 28.6 Å². The topological polar surface area (TPSA) is 41.6 Å². The lowest BCUT2D eigenvalue weighted by atomic mass is 10.1. The second kappa shape index (κ2) is 4.87. The molecule has 1 aromatic carbocycles. The molecule has 3 nitrogen and oxygen atoms in total. The molecule has 0 aliphatic heterocycles. The van der Waals surface area contributed by atoms with E-state index >= 15 is 0 Å². The fraction of sp³-hybridized carbons (Fsp3) is 0.375. The zero-order valence-corrected chi connectivity index (χ0v) is 12.2. The van der Waals surface area contributed by atoms with E-state index in [1.807, 2.05) is 6.92 Å². The third-order valence-corrected chi connectivity index (χ3v) is 3.99. The van der Waals surface area contributed by atoms with Crippen LogP contribution in [0.2, 0.25) is 0 Å². The molecule has 0 saturated heterocycles. The second-order valence-electron chi connectivity index (χ2n) is 5.61. The minimum Gasteiger partial charge on any atom is -0.237 e. The van der Waals surface area contributed by atoms with Crippen molar-refractivity contribution in [3.8, 4) is 11.8 Å². The van der Waals surface area contributed by atoms with Crippen LogP contribution in [0.4, 0.5) is 13.2 Å². The highest BCUT2D eigenvalue weighted by Crippen LogP contribution is 2.44. The number of alkyl halides is 3. The highest BCUT2D eigenvalue weighted by Gasteiger charge is 2.36. The summed E-state index contributed by atoms with van der Waals surface area (Å²) in [5.74, 6) is 0.418. The Morgan fingerprint density at radius 1 is 1.27 bits per heavy atom. The maximum absolute atomic E-state index is 13.3. The number of nitrogens with zero attached hydrogens (tertiary/aromatic N) is 3. The molecule has 2 aromatic rings. The van der Waals surface area contributed by atoms with Gasteiger partial charge in [-0.15, -0.1) is 0 Å². The summed E-state index contributed by atoms with van der Waals surface area (Å²) in [7, 11) is 0. The number of aryl methyl sites for hydroxylation is 1. The van der Waals surface area contributed by atoms with Gasteiger partial charge in [0.1, 0.15) is 0 Å². The summed E-state index contributed by atoms with van der Waals surface area (Å²) >= 11 is 0. The van der Waals surface area contributed by atoms with Crippen LogP contribution >= 0.6 is 0 Å². The van der Waals surface area contributed by atoms with Crippen molar-refractivity contribution in [2.75, 3.05) is 0 Å². The highest BCUT2D eigenvalue weighted by atomic mass is 19.4. The van der Waals surface area contributed by atoms with E-state index in [1.165, 1.54) is 16.8 Å². The second-order valence-corrected chi connectivity index (χ2v) is 5.61. The number of hydrogen-bond acceptors (Lipinski definition) is 2. The summed E-state index contributed by atoms with van der Waals surface area (Å²) in [4.78, 5) is 0. The van der Waals surface area contributed by atoms with E-state index in [0.29, 0.717) is 5.92 Å². The molecule has 6 heteroatoms. The molecule has 0 atom stereocenters. The van der Waals surface area contributed by atoms with Gasteiger partial charge in [-0.1, -0.05) is 0 Å². The van der Waals surface area contributed by atoms with E-state index in [0.717, 1.165) is 35.9 Å². The lowest BCUT2D eigenvalue weighted by Crippen LogP contribution is -2.13. The van der Waals surface area contributed by atoms with Crippen molar-refractivity contribution in [3.05, 3.63) is 46.3 Å². The van der Waals surface area contributed by atoms with Gasteiger partial charge in [-0.05, 0) is 56.4 Å². The quantitative estimate of drug-likeness (QED) is 0.832. The Morgan fingerprint density at radius 3 is 2.50 bits per heavy atom. The lowest BCUT2D eigenvalue weighted by molar-refractivity contribution is -0.137. The summed E-state index contributed by atoms with van der Waals surface area (Å²) in [6.07, 6.45) is -2.41. The largest absolute Gasteiger partial charge is 0.418 e. The number of aromatic nitrogens is 2. The molecule has 0 spiro atoms. The first kappa shape index (κ1) is 14.6. The maximum Gasteiger partial charge on any atom is 0.418 e. The number of rotatable bonds is 2. The number of hydrogen-bond donors (Lipinski definition) is 0. The fourth-order valence-corrected chi connectivity index (χ4v) is 2.87. The Balaban J connectivity index is 2.21. The van der Waals surface area contributed by atoms with Gasteiger partial charge in [0.25, 0.3) is 0 Å². The van der Waals surface area contributed by atoms with E-state index in [4.69, 9.17) is 5.26 Å². The van der Waals surface area contributed by atoms with E-state index in [2.05, 4.69) is 5.10 Å². The molecule has 22 heavy (non-hydrogen) atoms. The Kier molecular flexibility index (Phi) is 3.24. The fourth-order valence-electron chi connectivity index (χ4n) is 2.87. The summed E-state index contributed by atoms with van der Waals surface area (Å²) in [6.45, 7) is 3.63. The third kappa shape index (κ3) is 2.37. The van der Waals surface area contributed by atoms with Crippen LogP contribution in [0.25, 0.3) is 5.69 Å². The molecule has 1 aliphatic rings. The molecule has 0 unspecified atom stereocenters. The summed E-state index contributed by atoms with van der Waals surface area (Å²) in [5.41, 5.74) is 1.70. The average Bonchev–Trinajstić information content (AvgIpc) is 3.23. The first-order chi connectivity index (χ1) is 10.3. The normalized spacial score (nSPS) is 14.9. The van der Waals surface area contributed by atoms with Crippen LogP contribution in [0.15, 0.2) is 18.2 Å². The van der Waals surface area contributed by atoms with Crippen LogP contribution < -0.4 is 0 Å². The molecule has 1 heterocycles. The van der Waals surface area contributed by atoms with Crippen molar-refractivity contribution in [1.29, 1.82) is 5.26 Å².